The van der Waals surface area contributed by atoms with Gasteiger partial charge < -0.3 is 10.1 Å². The molecule has 0 radical (unpaired) electrons. The summed E-state index contributed by atoms with van der Waals surface area (Å²) in [5, 5.41) is 2.76. The second-order valence-corrected chi connectivity index (χ2v) is 5.44. The summed E-state index contributed by atoms with van der Waals surface area (Å²) in [6.07, 6.45) is 2.47. The summed E-state index contributed by atoms with van der Waals surface area (Å²) in [7, 11) is 0. The first-order valence-corrected chi connectivity index (χ1v) is 7.76. The smallest absolute Gasteiger partial charge is 0.414 e. The van der Waals surface area contributed by atoms with Crippen LogP contribution in [0.25, 0.3) is 6.08 Å². The quantitative estimate of drug-likeness (QED) is 0.861. The van der Waals surface area contributed by atoms with Gasteiger partial charge in [0.1, 0.15) is 6.10 Å². The Hall–Kier alpha value is -3.08. The molecule has 1 aliphatic heterocycles. The second-order valence-electron chi connectivity index (χ2n) is 5.44. The Morgan fingerprint density at radius 3 is 2.50 bits per heavy atom. The molecule has 3 rings (SSSR count). The number of para-hydroxylation sites is 1. The summed E-state index contributed by atoms with van der Waals surface area (Å²) >= 11 is 0. The molecule has 0 bridgehead atoms. The number of carbonyl (C=O) groups excluding carboxylic acids is 2. The van der Waals surface area contributed by atoms with E-state index in [0.717, 1.165) is 11.3 Å². The molecular weight excluding hydrogens is 304 g/mol. The van der Waals surface area contributed by atoms with E-state index in [9.17, 15) is 9.59 Å². The molecule has 2 amide bonds. The third-order valence-corrected chi connectivity index (χ3v) is 3.67. The van der Waals surface area contributed by atoms with Gasteiger partial charge in [0.2, 0.25) is 5.91 Å². The van der Waals surface area contributed by atoms with Crippen LogP contribution < -0.4 is 10.2 Å². The van der Waals surface area contributed by atoms with Crippen LogP contribution in [-0.2, 0) is 9.53 Å². The first-order chi connectivity index (χ1) is 11.7. The molecule has 2 aromatic rings. The molecule has 1 fully saturated rings. The highest BCUT2D eigenvalue weighted by Gasteiger charge is 2.32. The van der Waals surface area contributed by atoms with Crippen molar-refractivity contribution in [3.8, 4) is 0 Å². The highest BCUT2D eigenvalue weighted by molar-refractivity contribution is 5.92. The first kappa shape index (κ1) is 15.8. The van der Waals surface area contributed by atoms with Gasteiger partial charge in [0.15, 0.2) is 0 Å². The molecule has 0 aromatic heterocycles. The summed E-state index contributed by atoms with van der Waals surface area (Å²) in [6.45, 7) is 0.707. The van der Waals surface area contributed by atoms with Crippen LogP contribution in [0.15, 0.2) is 66.7 Å². The molecule has 24 heavy (non-hydrogen) atoms. The van der Waals surface area contributed by atoms with Crippen molar-refractivity contribution in [3.05, 3.63) is 72.3 Å². The fraction of sp³-hybridized carbons (Fsp3) is 0.158. The van der Waals surface area contributed by atoms with Crippen molar-refractivity contribution in [1.82, 2.24) is 5.32 Å². The van der Waals surface area contributed by atoms with Gasteiger partial charge in [-0.05, 0) is 23.8 Å². The number of hydrogen-bond donors (Lipinski definition) is 1. The van der Waals surface area contributed by atoms with Crippen LogP contribution in [0.4, 0.5) is 10.5 Å². The van der Waals surface area contributed by atoms with Crippen LogP contribution >= 0.6 is 0 Å². The van der Waals surface area contributed by atoms with Crippen molar-refractivity contribution >= 4 is 23.8 Å². The van der Waals surface area contributed by atoms with Gasteiger partial charge in [0, 0.05) is 11.8 Å². The fourth-order valence-corrected chi connectivity index (χ4v) is 2.46. The van der Waals surface area contributed by atoms with E-state index in [0.29, 0.717) is 6.54 Å². The largest absolute Gasteiger partial charge is 0.442 e. The van der Waals surface area contributed by atoms with Crippen molar-refractivity contribution in [2.45, 2.75) is 6.10 Å². The van der Waals surface area contributed by atoms with Crippen molar-refractivity contribution < 1.29 is 14.3 Å². The molecule has 0 saturated carbocycles. The molecule has 0 aliphatic carbocycles. The average molecular weight is 322 g/mol. The van der Waals surface area contributed by atoms with Crippen molar-refractivity contribution in [3.63, 3.8) is 0 Å². The maximum atomic E-state index is 11.9. The maximum Gasteiger partial charge on any atom is 0.414 e. The predicted octanol–water partition coefficient (Wildman–Crippen LogP) is 2.84. The second kappa shape index (κ2) is 7.46. The molecule has 5 nitrogen and oxygen atoms in total. The molecule has 5 heteroatoms. The van der Waals surface area contributed by atoms with E-state index in [1.54, 1.807) is 11.0 Å². The van der Waals surface area contributed by atoms with Crippen molar-refractivity contribution in [2.24, 2.45) is 0 Å². The van der Waals surface area contributed by atoms with E-state index < -0.39 is 0 Å². The summed E-state index contributed by atoms with van der Waals surface area (Å²) in [4.78, 5) is 25.3. The summed E-state index contributed by atoms with van der Waals surface area (Å²) in [5.74, 6) is -0.215. The van der Waals surface area contributed by atoms with Crippen LogP contribution in [0.3, 0.4) is 0 Å². The third kappa shape index (κ3) is 4.01. The Kier molecular flexibility index (Phi) is 4.91. The Bertz CT molecular complexity index is 729. The van der Waals surface area contributed by atoms with E-state index >= 15 is 0 Å². The molecule has 2 aromatic carbocycles. The molecule has 0 spiro atoms. The van der Waals surface area contributed by atoms with E-state index in [1.165, 1.54) is 6.08 Å². The zero-order chi connectivity index (χ0) is 16.8. The van der Waals surface area contributed by atoms with Gasteiger partial charge in [-0.15, -0.1) is 0 Å². The molecule has 122 valence electrons. The van der Waals surface area contributed by atoms with Gasteiger partial charge in [-0.3, -0.25) is 9.69 Å². The molecule has 1 atom stereocenters. The number of amides is 2. The topological polar surface area (TPSA) is 58.6 Å². The third-order valence-electron chi connectivity index (χ3n) is 3.67. The van der Waals surface area contributed by atoms with Gasteiger partial charge in [0.25, 0.3) is 0 Å². The van der Waals surface area contributed by atoms with Crippen molar-refractivity contribution in [2.75, 3.05) is 18.0 Å². The van der Waals surface area contributed by atoms with E-state index in [4.69, 9.17) is 4.74 Å². The molecule has 1 heterocycles. The van der Waals surface area contributed by atoms with Crippen LogP contribution in [-0.4, -0.2) is 31.2 Å². The number of carbonyl (C=O) groups is 2. The minimum absolute atomic E-state index is 0.215. The van der Waals surface area contributed by atoms with Crippen LogP contribution in [0.1, 0.15) is 5.56 Å². The van der Waals surface area contributed by atoms with Crippen LogP contribution in [0.2, 0.25) is 0 Å². The first-order valence-electron chi connectivity index (χ1n) is 7.76. The maximum absolute atomic E-state index is 11.9. The molecule has 1 saturated heterocycles. The minimum atomic E-state index is -0.389. The number of cyclic esters (lactones) is 1. The fourth-order valence-electron chi connectivity index (χ4n) is 2.46. The Labute approximate surface area is 140 Å². The van der Waals surface area contributed by atoms with Crippen LogP contribution in [0, 0.1) is 0 Å². The average Bonchev–Trinajstić information content (AvgIpc) is 3.00. The molecular formula is C19H18N2O3. The monoisotopic (exact) mass is 322 g/mol. The number of hydrogen-bond acceptors (Lipinski definition) is 3. The zero-order valence-corrected chi connectivity index (χ0v) is 13.1. The van der Waals surface area contributed by atoms with E-state index in [2.05, 4.69) is 5.32 Å². The summed E-state index contributed by atoms with van der Waals surface area (Å²) in [5.41, 5.74) is 1.75. The highest BCUT2D eigenvalue weighted by atomic mass is 16.6. The molecule has 1 unspecified atom stereocenters. The van der Waals surface area contributed by atoms with Gasteiger partial charge in [-0.25, -0.2) is 4.79 Å². The highest BCUT2D eigenvalue weighted by Crippen LogP contribution is 2.20. The molecule has 1 N–H and O–H groups in total. The zero-order valence-electron chi connectivity index (χ0n) is 13.1. The predicted molar refractivity (Wildman–Crippen MR) is 92.5 cm³/mol. The SMILES string of the molecule is O=C(/C=C/c1ccccc1)NCC1CN(c2ccccc2)C(=O)O1. The Balaban J connectivity index is 1.50. The summed E-state index contributed by atoms with van der Waals surface area (Å²) < 4.78 is 5.29. The Morgan fingerprint density at radius 2 is 1.79 bits per heavy atom. The number of rotatable bonds is 5. The summed E-state index contributed by atoms with van der Waals surface area (Å²) in [6, 6.07) is 18.9. The van der Waals surface area contributed by atoms with Gasteiger partial charge in [-0.1, -0.05) is 48.5 Å². The van der Waals surface area contributed by atoms with Gasteiger partial charge in [-0.2, -0.15) is 0 Å². The van der Waals surface area contributed by atoms with Gasteiger partial charge in [0.05, 0.1) is 13.1 Å². The molecule has 1 aliphatic rings. The van der Waals surface area contributed by atoms with Crippen molar-refractivity contribution in [1.29, 1.82) is 0 Å². The number of ether oxygens (including phenoxy) is 1. The van der Waals surface area contributed by atoms with Gasteiger partial charge >= 0.3 is 6.09 Å². The lowest BCUT2D eigenvalue weighted by molar-refractivity contribution is -0.116. The number of benzene rings is 2. The minimum Gasteiger partial charge on any atom is -0.442 e. The number of nitrogens with zero attached hydrogens (tertiary/aromatic N) is 1. The van der Waals surface area contributed by atoms with E-state index in [1.807, 2.05) is 60.7 Å². The lowest BCUT2D eigenvalue weighted by Crippen LogP contribution is -2.33. The standard InChI is InChI=1S/C19H18N2O3/c22-18(12-11-15-7-3-1-4-8-15)20-13-17-14-21(19(23)24-17)16-9-5-2-6-10-16/h1-12,17H,13-14H2,(H,20,22)/b12-11+. The Morgan fingerprint density at radius 1 is 1.12 bits per heavy atom. The lowest BCUT2D eigenvalue weighted by Gasteiger charge is -2.12. The van der Waals surface area contributed by atoms with E-state index in [-0.39, 0.29) is 24.6 Å². The normalized spacial score (nSPS) is 17.1. The number of nitrogens with one attached hydrogen (secondary N) is 1. The lowest BCUT2D eigenvalue weighted by atomic mass is 10.2. The number of anilines is 1. The van der Waals surface area contributed by atoms with Crippen LogP contribution in [0.5, 0.6) is 0 Å².